The fourth-order valence-corrected chi connectivity index (χ4v) is 4.58. The van der Waals surface area contributed by atoms with Crippen molar-refractivity contribution < 1.29 is 9.47 Å². The van der Waals surface area contributed by atoms with Crippen molar-refractivity contribution in [3.8, 4) is 0 Å². The number of fused-ring (bicyclic) bond motifs is 1. The number of halogens is 1. The van der Waals surface area contributed by atoms with E-state index in [1.165, 1.54) is 0 Å². The number of nitrogens with one attached hydrogen (secondary N) is 1. The zero-order valence-electron chi connectivity index (χ0n) is 15.1. The Morgan fingerprint density at radius 1 is 1.38 bits per heavy atom. The summed E-state index contributed by atoms with van der Waals surface area (Å²) >= 11 is 6.38. The lowest BCUT2D eigenvalue weighted by molar-refractivity contribution is -0.0948. The first kappa shape index (κ1) is 18.2. The Kier molecular flexibility index (Phi) is 5.85. The zero-order chi connectivity index (χ0) is 17.2. The van der Waals surface area contributed by atoms with Gasteiger partial charge in [0.25, 0.3) is 0 Å². The molecular weight excluding hydrogens is 326 g/mol. The van der Waals surface area contributed by atoms with Gasteiger partial charge in [0.05, 0.1) is 17.4 Å². The number of aromatic nitrogens is 2. The van der Waals surface area contributed by atoms with Crippen LogP contribution >= 0.6 is 11.6 Å². The highest BCUT2D eigenvalue weighted by atomic mass is 35.5. The van der Waals surface area contributed by atoms with Crippen LogP contribution in [0.3, 0.4) is 0 Å². The second-order valence-electron chi connectivity index (χ2n) is 7.19. The zero-order valence-corrected chi connectivity index (χ0v) is 15.9. The Morgan fingerprint density at radius 2 is 2.21 bits per heavy atom. The van der Waals surface area contributed by atoms with Crippen molar-refractivity contribution in [2.45, 2.75) is 76.2 Å². The van der Waals surface area contributed by atoms with Gasteiger partial charge in [-0.3, -0.25) is 4.90 Å². The first-order valence-electron chi connectivity index (χ1n) is 9.17. The molecule has 1 saturated carbocycles. The smallest absolute Gasteiger partial charge is 0.151 e. The van der Waals surface area contributed by atoms with E-state index in [1.54, 1.807) is 0 Å². The summed E-state index contributed by atoms with van der Waals surface area (Å²) in [5.74, 6) is 1.01. The van der Waals surface area contributed by atoms with Crippen molar-refractivity contribution in [3.05, 3.63) is 16.7 Å². The minimum atomic E-state index is -0.0213. The van der Waals surface area contributed by atoms with Crippen LogP contribution in [-0.4, -0.2) is 53.4 Å². The van der Waals surface area contributed by atoms with E-state index in [-0.39, 0.29) is 5.60 Å². The van der Waals surface area contributed by atoms with Gasteiger partial charge in [0.2, 0.25) is 0 Å². The van der Waals surface area contributed by atoms with Gasteiger partial charge in [0.15, 0.2) is 5.15 Å². The molecule has 1 aliphatic heterocycles. The molecule has 1 aromatic heterocycles. The third-order valence-corrected chi connectivity index (χ3v) is 6.20. The van der Waals surface area contributed by atoms with Crippen LogP contribution in [0.2, 0.25) is 5.15 Å². The number of methoxy groups -OCH3 is 2. The molecule has 0 radical (unpaired) electrons. The second kappa shape index (κ2) is 7.73. The molecular formula is C18H30ClN3O2. The fourth-order valence-electron chi connectivity index (χ4n) is 4.37. The number of rotatable bonds is 7. The predicted molar refractivity (Wildman–Crippen MR) is 95.4 cm³/mol. The monoisotopic (exact) mass is 355 g/mol. The van der Waals surface area contributed by atoms with E-state index in [2.05, 4.69) is 21.8 Å². The number of H-pyrrole nitrogens is 1. The maximum atomic E-state index is 6.38. The summed E-state index contributed by atoms with van der Waals surface area (Å²) in [4.78, 5) is 10.4. The molecule has 0 unspecified atom stereocenters. The molecule has 0 bridgehead atoms. The van der Waals surface area contributed by atoms with Crippen molar-refractivity contribution in [1.29, 1.82) is 0 Å². The third-order valence-electron chi connectivity index (χ3n) is 5.89. The van der Waals surface area contributed by atoms with E-state index < -0.39 is 0 Å². The molecule has 1 N–H and O–H groups in total. The highest BCUT2D eigenvalue weighted by molar-refractivity contribution is 6.30. The fraction of sp³-hybridized carbons (Fsp3) is 0.833. The highest BCUT2D eigenvalue weighted by Crippen LogP contribution is 2.43. The van der Waals surface area contributed by atoms with E-state index in [4.69, 9.17) is 21.1 Å². The number of ether oxygens (including phenoxy) is 2. The van der Waals surface area contributed by atoms with E-state index in [9.17, 15) is 0 Å². The van der Waals surface area contributed by atoms with Crippen LogP contribution < -0.4 is 0 Å². The molecule has 136 valence electrons. The molecule has 3 rings (SSSR count). The average molecular weight is 356 g/mol. The van der Waals surface area contributed by atoms with E-state index in [0.717, 1.165) is 69.6 Å². The summed E-state index contributed by atoms with van der Waals surface area (Å²) in [6.45, 7) is 4.04. The topological polar surface area (TPSA) is 50.4 Å². The second-order valence-corrected chi connectivity index (χ2v) is 7.55. The minimum absolute atomic E-state index is 0.0213. The molecule has 2 fully saturated rings. The lowest BCUT2D eigenvalue weighted by Gasteiger charge is -2.43. The van der Waals surface area contributed by atoms with Crippen LogP contribution in [0, 0.1) is 0 Å². The number of unbranched alkanes of at least 4 members (excludes halogenated alkanes) is 1. The number of aromatic amines is 1. The molecule has 5 nitrogen and oxygen atoms in total. The maximum absolute atomic E-state index is 6.38. The summed E-state index contributed by atoms with van der Waals surface area (Å²) in [5, 5.41) is 0.620. The molecule has 0 spiro atoms. The number of likely N-dealkylation sites (tertiary alicyclic amines) is 1. The number of nitrogens with zero attached hydrogens (tertiary/aromatic N) is 2. The van der Waals surface area contributed by atoms with Gasteiger partial charge >= 0.3 is 0 Å². The van der Waals surface area contributed by atoms with Crippen molar-refractivity contribution in [2.24, 2.45) is 0 Å². The number of hydrogen-bond donors (Lipinski definition) is 1. The first-order chi connectivity index (χ1) is 11.6. The molecule has 1 saturated heterocycles. The Hall–Kier alpha value is -0.620. The lowest BCUT2D eigenvalue weighted by atomic mass is 9.79. The van der Waals surface area contributed by atoms with E-state index in [1.807, 2.05) is 14.2 Å². The summed E-state index contributed by atoms with van der Waals surface area (Å²) in [6, 6.07) is 0.389. The predicted octanol–water partition coefficient (Wildman–Crippen LogP) is 3.56. The van der Waals surface area contributed by atoms with Gasteiger partial charge in [-0.15, -0.1) is 0 Å². The summed E-state index contributed by atoms with van der Waals surface area (Å²) in [6.07, 6.45) is 7.86. The van der Waals surface area contributed by atoms with Crippen molar-refractivity contribution in [3.63, 3.8) is 0 Å². The summed E-state index contributed by atoms with van der Waals surface area (Å²) in [5.41, 5.74) is 1.02. The molecule has 3 atom stereocenters. The molecule has 0 aromatic carbocycles. The lowest BCUT2D eigenvalue weighted by Crippen LogP contribution is -2.51. The van der Waals surface area contributed by atoms with Gasteiger partial charge in [0.1, 0.15) is 5.82 Å². The maximum Gasteiger partial charge on any atom is 0.151 e. The number of aryl methyl sites for hydroxylation is 1. The molecule has 1 aromatic rings. The number of imidazole rings is 1. The standard InChI is InChI=1S/C18H30ClN3O2/c1-4-5-6-16-20-14(17(19)21-16)12-22-10-9-18(24-3)8-7-13(23-2)11-15(18)22/h13,15H,4-12H2,1-3H3,(H,20,21)/t13-,15+,18-/m1/s1. The first-order valence-corrected chi connectivity index (χ1v) is 9.55. The quantitative estimate of drug-likeness (QED) is 0.812. The Bertz CT molecular complexity index is 550. The van der Waals surface area contributed by atoms with Crippen LogP contribution in [0.1, 0.15) is 57.0 Å². The molecule has 0 amide bonds. The van der Waals surface area contributed by atoms with Crippen LogP contribution in [0.4, 0.5) is 0 Å². The number of hydrogen-bond acceptors (Lipinski definition) is 4. The molecule has 2 aliphatic rings. The van der Waals surface area contributed by atoms with E-state index >= 15 is 0 Å². The summed E-state index contributed by atoms with van der Waals surface area (Å²) < 4.78 is 11.6. The van der Waals surface area contributed by atoms with E-state index in [0.29, 0.717) is 17.3 Å². The Labute approximate surface area is 150 Å². The highest BCUT2D eigenvalue weighted by Gasteiger charge is 2.51. The van der Waals surface area contributed by atoms with Gasteiger partial charge in [-0.25, -0.2) is 4.98 Å². The van der Waals surface area contributed by atoms with Crippen LogP contribution in [0.5, 0.6) is 0 Å². The van der Waals surface area contributed by atoms with Gasteiger partial charge in [-0.1, -0.05) is 24.9 Å². The molecule has 24 heavy (non-hydrogen) atoms. The van der Waals surface area contributed by atoms with Crippen LogP contribution in [-0.2, 0) is 22.4 Å². The van der Waals surface area contributed by atoms with Gasteiger partial charge < -0.3 is 14.5 Å². The largest absolute Gasteiger partial charge is 0.381 e. The van der Waals surface area contributed by atoms with Crippen molar-refractivity contribution in [1.82, 2.24) is 14.9 Å². The SMILES string of the molecule is CCCCc1nc(Cl)c(CN2CC[C@]3(OC)CC[C@@H](OC)C[C@H]23)[nH]1. The molecule has 1 aliphatic carbocycles. The van der Waals surface area contributed by atoms with Crippen LogP contribution in [0.25, 0.3) is 0 Å². The Balaban J connectivity index is 1.72. The average Bonchev–Trinajstić information content (AvgIpc) is 3.14. The third kappa shape index (κ3) is 3.50. The van der Waals surface area contributed by atoms with Gasteiger partial charge in [-0.05, 0) is 32.1 Å². The normalized spacial score (nSPS) is 30.7. The minimum Gasteiger partial charge on any atom is -0.381 e. The van der Waals surface area contributed by atoms with Gasteiger partial charge in [0, 0.05) is 39.8 Å². The van der Waals surface area contributed by atoms with Crippen molar-refractivity contribution in [2.75, 3.05) is 20.8 Å². The molecule has 2 heterocycles. The van der Waals surface area contributed by atoms with Gasteiger partial charge in [-0.2, -0.15) is 0 Å². The molecule has 6 heteroatoms. The summed E-state index contributed by atoms with van der Waals surface area (Å²) in [7, 11) is 3.67. The Morgan fingerprint density at radius 3 is 2.92 bits per heavy atom. The van der Waals surface area contributed by atoms with Crippen molar-refractivity contribution >= 4 is 11.6 Å². The van der Waals surface area contributed by atoms with Crippen LogP contribution in [0.15, 0.2) is 0 Å².